The van der Waals surface area contributed by atoms with Crippen LogP contribution in [0.3, 0.4) is 0 Å². The number of aromatic nitrogens is 1. The maximum atomic E-state index is 14.3. The Bertz CT molecular complexity index is 1560. The molecule has 0 radical (unpaired) electrons. The lowest BCUT2D eigenvalue weighted by Crippen LogP contribution is -2.67. The third-order valence-corrected chi connectivity index (χ3v) is 8.43. The molecule has 4 atom stereocenters. The second kappa shape index (κ2) is 13.2. The number of anilines is 1. The van der Waals surface area contributed by atoms with E-state index in [1.807, 2.05) is 31.2 Å². The molecule has 3 aromatic rings. The average Bonchev–Trinajstić information content (AvgIpc) is 3.35. The monoisotopic (exact) mass is 604 g/mol. The van der Waals surface area contributed by atoms with Crippen molar-refractivity contribution in [1.29, 1.82) is 0 Å². The number of carbonyl (C=O) groups excluding carboxylic acids is 4. The summed E-state index contributed by atoms with van der Waals surface area (Å²) in [6, 6.07) is 11.7. The standard InChI is InChI=1S/C32H40N6O6/c1-5-18(4)26(37-31(43)44)29(41)38-32(15-14-24-22(16-32)21-8-6-7-9-23(21)35-24)30(42)36-25(17(2)3)28(40)34-20-12-10-19(11-13-20)27(33)39/h6-13,17-18,25-26,35,37H,5,14-16H2,1-4H3,(H2,33,39)(H,34,40)(H,36,42)(H,38,41)(H,43,44)/t18-,25-,26-,32+/m0/s1. The molecule has 1 aliphatic carbocycles. The Morgan fingerprint density at radius 3 is 2.25 bits per heavy atom. The smallest absolute Gasteiger partial charge is 0.405 e. The second-order valence-electron chi connectivity index (χ2n) is 11.8. The number of para-hydroxylation sites is 1. The van der Waals surface area contributed by atoms with Crippen molar-refractivity contribution in [3.63, 3.8) is 0 Å². The van der Waals surface area contributed by atoms with Crippen molar-refractivity contribution in [2.24, 2.45) is 17.6 Å². The van der Waals surface area contributed by atoms with Gasteiger partial charge in [0, 0.05) is 34.3 Å². The van der Waals surface area contributed by atoms with Crippen molar-refractivity contribution in [2.45, 2.75) is 71.0 Å². The molecule has 0 bridgehead atoms. The second-order valence-corrected chi connectivity index (χ2v) is 11.8. The molecule has 5 amide bonds. The predicted molar refractivity (Wildman–Crippen MR) is 166 cm³/mol. The number of rotatable bonds is 11. The minimum absolute atomic E-state index is 0.144. The Balaban J connectivity index is 1.66. The number of benzene rings is 2. The summed E-state index contributed by atoms with van der Waals surface area (Å²) in [6.07, 6.45) is 0.00634. The maximum absolute atomic E-state index is 14.3. The average molecular weight is 605 g/mol. The Hall–Kier alpha value is -4.87. The van der Waals surface area contributed by atoms with E-state index in [1.54, 1.807) is 32.9 Å². The topological polar surface area (TPSA) is 196 Å². The fourth-order valence-corrected chi connectivity index (χ4v) is 5.66. The van der Waals surface area contributed by atoms with Crippen molar-refractivity contribution < 1.29 is 29.1 Å². The molecule has 234 valence electrons. The first kappa shape index (κ1) is 32.1. The summed E-state index contributed by atoms with van der Waals surface area (Å²) in [4.78, 5) is 67.8. The number of hydrogen-bond donors (Lipinski definition) is 7. The van der Waals surface area contributed by atoms with E-state index in [9.17, 15) is 29.1 Å². The van der Waals surface area contributed by atoms with Gasteiger partial charge in [-0.15, -0.1) is 0 Å². The number of carboxylic acid groups (broad SMARTS) is 1. The minimum atomic E-state index is -1.46. The zero-order valence-electron chi connectivity index (χ0n) is 25.3. The molecule has 0 spiro atoms. The number of nitrogens with one attached hydrogen (secondary N) is 5. The molecule has 44 heavy (non-hydrogen) atoms. The van der Waals surface area contributed by atoms with Gasteiger partial charge in [0.2, 0.25) is 23.6 Å². The van der Waals surface area contributed by atoms with E-state index in [2.05, 4.69) is 26.3 Å². The summed E-state index contributed by atoms with van der Waals surface area (Å²) in [5.74, 6) is -2.89. The summed E-state index contributed by atoms with van der Waals surface area (Å²) < 4.78 is 0. The van der Waals surface area contributed by atoms with Crippen LogP contribution in [-0.2, 0) is 27.2 Å². The number of aromatic amines is 1. The quantitative estimate of drug-likeness (QED) is 0.176. The van der Waals surface area contributed by atoms with E-state index in [0.29, 0.717) is 18.5 Å². The van der Waals surface area contributed by atoms with E-state index in [4.69, 9.17) is 5.73 Å². The number of hydrogen-bond acceptors (Lipinski definition) is 5. The van der Waals surface area contributed by atoms with Gasteiger partial charge in [0.25, 0.3) is 0 Å². The van der Waals surface area contributed by atoms with E-state index in [0.717, 1.165) is 22.2 Å². The van der Waals surface area contributed by atoms with Gasteiger partial charge in [-0.1, -0.05) is 52.3 Å². The van der Waals surface area contributed by atoms with Gasteiger partial charge >= 0.3 is 6.09 Å². The van der Waals surface area contributed by atoms with Gasteiger partial charge in [-0.2, -0.15) is 0 Å². The van der Waals surface area contributed by atoms with Crippen molar-refractivity contribution >= 4 is 46.3 Å². The first-order valence-electron chi connectivity index (χ1n) is 14.8. The number of nitrogens with two attached hydrogens (primary N) is 1. The molecule has 0 saturated carbocycles. The van der Waals surface area contributed by atoms with Crippen LogP contribution in [0.5, 0.6) is 0 Å². The van der Waals surface area contributed by atoms with Gasteiger partial charge in [0.1, 0.15) is 17.6 Å². The third-order valence-electron chi connectivity index (χ3n) is 8.43. The van der Waals surface area contributed by atoms with Crippen LogP contribution in [0.2, 0.25) is 0 Å². The number of primary amides is 1. The molecule has 0 aliphatic heterocycles. The lowest BCUT2D eigenvalue weighted by molar-refractivity contribution is -0.137. The maximum Gasteiger partial charge on any atom is 0.405 e. The van der Waals surface area contributed by atoms with Crippen molar-refractivity contribution in [2.75, 3.05) is 5.32 Å². The van der Waals surface area contributed by atoms with Crippen molar-refractivity contribution in [3.05, 3.63) is 65.4 Å². The van der Waals surface area contributed by atoms with Crippen molar-refractivity contribution in [3.8, 4) is 0 Å². The van der Waals surface area contributed by atoms with Crippen molar-refractivity contribution in [1.82, 2.24) is 20.9 Å². The number of amides is 5. The van der Waals surface area contributed by atoms with Crippen LogP contribution in [0.1, 0.15) is 62.2 Å². The van der Waals surface area contributed by atoms with Crippen LogP contribution in [0.25, 0.3) is 10.9 Å². The summed E-state index contributed by atoms with van der Waals surface area (Å²) in [6.45, 7) is 7.20. The van der Waals surface area contributed by atoms with Crippen LogP contribution in [-0.4, -0.2) is 57.4 Å². The zero-order chi connectivity index (χ0) is 32.2. The van der Waals surface area contributed by atoms with Crippen LogP contribution >= 0.6 is 0 Å². The predicted octanol–water partition coefficient (Wildman–Crippen LogP) is 3.07. The normalized spacial score (nSPS) is 18.0. The van der Waals surface area contributed by atoms with E-state index >= 15 is 0 Å². The highest BCUT2D eigenvalue weighted by atomic mass is 16.4. The minimum Gasteiger partial charge on any atom is -0.465 e. The molecule has 12 nitrogen and oxygen atoms in total. The fourth-order valence-electron chi connectivity index (χ4n) is 5.66. The first-order chi connectivity index (χ1) is 20.8. The van der Waals surface area contributed by atoms with Gasteiger partial charge < -0.3 is 37.1 Å². The molecule has 4 rings (SSSR count). The lowest BCUT2D eigenvalue weighted by atomic mass is 9.78. The molecular formula is C32H40N6O6. The van der Waals surface area contributed by atoms with E-state index in [-0.39, 0.29) is 30.2 Å². The molecule has 1 aromatic heterocycles. The van der Waals surface area contributed by atoms with Gasteiger partial charge in [0.15, 0.2) is 0 Å². The number of fused-ring (bicyclic) bond motifs is 3. The number of H-pyrrole nitrogens is 1. The van der Waals surface area contributed by atoms with E-state index in [1.165, 1.54) is 12.1 Å². The highest BCUT2D eigenvalue weighted by molar-refractivity contribution is 6.01. The molecule has 0 fully saturated rings. The Morgan fingerprint density at radius 1 is 0.955 bits per heavy atom. The summed E-state index contributed by atoms with van der Waals surface area (Å²) >= 11 is 0. The molecule has 8 N–H and O–H groups in total. The SMILES string of the molecule is CC[C@H](C)[C@H](NC(=O)O)C(=O)N[C@]1(C(=O)N[C@H](C(=O)Nc2ccc(C(N)=O)cc2)C(C)C)CCc2[nH]c3ccccc3c2C1. The highest BCUT2D eigenvalue weighted by Crippen LogP contribution is 2.35. The van der Waals surface area contributed by atoms with Gasteiger partial charge in [0.05, 0.1) is 0 Å². The summed E-state index contributed by atoms with van der Waals surface area (Å²) in [5, 5.41) is 21.3. The van der Waals surface area contributed by atoms with Crippen LogP contribution in [0, 0.1) is 11.8 Å². The molecule has 12 heteroatoms. The van der Waals surface area contributed by atoms with Crippen LogP contribution < -0.4 is 27.0 Å². The molecule has 0 unspecified atom stereocenters. The Kier molecular flexibility index (Phi) is 9.61. The number of aryl methyl sites for hydroxylation is 1. The van der Waals surface area contributed by atoms with Crippen LogP contribution in [0.4, 0.5) is 10.5 Å². The van der Waals surface area contributed by atoms with Gasteiger partial charge in [-0.25, -0.2) is 4.79 Å². The van der Waals surface area contributed by atoms with E-state index < -0.39 is 47.3 Å². The summed E-state index contributed by atoms with van der Waals surface area (Å²) in [5.41, 5.74) is 7.31. The molecular weight excluding hydrogens is 564 g/mol. The fraction of sp³-hybridized carbons (Fsp3) is 0.406. The first-order valence-corrected chi connectivity index (χ1v) is 14.8. The lowest BCUT2D eigenvalue weighted by Gasteiger charge is -2.39. The molecule has 1 heterocycles. The van der Waals surface area contributed by atoms with Gasteiger partial charge in [-0.3, -0.25) is 19.2 Å². The highest BCUT2D eigenvalue weighted by Gasteiger charge is 2.46. The molecule has 1 aliphatic rings. The Labute approximate surface area is 255 Å². The third kappa shape index (κ3) is 6.85. The summed E-state index contributed by atoms with van der Waals surface area (Å²) in [7, 11) is 0. The van der Waals surface area contributed by atoms with Gasteiger partial charge in [-0.05, 0) is 60.6 Å². The molecule has 2 aromatic carbocycles. The number of carbonyl (C=O) groups is 5. The zero-order valence-corrected chi connectivity index (χ0v) is 25.3. The molecule has 0 saturated heterocycles. The largest absolute Gasteiger partial charge is 0.465 e. The Morgan fingerprint density at radius 2 is 1.64 bits per heavy atom. The van der Waals surface area contributed by atoms with Crippen LogP contribution in [0.15, 0.2) is 48.5 Å².